The molecular weight excluding hydrogens is 663 g/mol. The fourth-order valence-electron chi connectivity index (χ4n) is 3.94. The Morgan fingerprint density at radius 3 is 2.02 bits per heavy atom. The molecular formula is C25H13Cl5F5N3O3. The molecule has 216 valence electrons. The van der Waals surface area contributed by atoms with Crippen LogP contribution in [0, 0.1) is 23.4 Å². The van der Waals surface area contributed by atoms with E-state index in [1.165, 1.54) is 17.4 Å². The van der Waals surface area contributed by atoms with Crippen molar-refractivity contribution in [3.8, 4) is 0 Å². The van der Waals surface area contributed by atoms with Gasteiger partial charge in [-0.2, -0.15) is 8.78 Å². The van der Waals surface area contributed by atoms with E-state index in [0.29, 0.717) is 11.6 Å². The van der Waals surface area contributed by atoms with E-state index in [0.717, 1.165) is 12.1 Å². The van der Waals surface area contributed by atoms with Crippen molar-refractivity contribution >= 4 is 92.8 Å². The van der Waals surface area contributed by atoms with Crippen LogP contribution in [0.25, 0.3) is 0 Å². The van der Waals surface area contributed by atoms with Gasteiger partial charge in [-0.05, 0) is 35.9 Å². The van der Waals surface area contributed by atoms with Crippen LogP contribution in [0.2, 0.25) is 15.1 Å². The van der Waals surface area contributed by atoms with Crippen LogP contribution in [0.5, 0.6) is 0 Å². The van der Waals surface area contributed by atoms with Gasteiger partial charge in [0, 0.05) is 17.7 Å². The maximum absolute atomic E-state index is 14.6. The van der Waals surface area contributed by atoms with Crippen molar-refractivity contribution < 1.29 is 36.3 Å². The van der Waals surface area contributed by atoms with Crippen molar-refractivity contribution in [2.45, 2.75) is 16.7 Å². The van der Waals surface area contributed by atoms with E-state index in [1.807, 2.05) is 5.32 Å². The first kappa shape index (κ1) is 31.1. The lowest BCUT2D eigenvalue weighted by Crippen LogP contribution is -2.21. The molecule has 0 bridgehead atoms. The zero-order valence-electron chi connectivity index (χ0n) is 19.8. The van der Waals surface area contributed by atoms with Gasteiger partial charge in [-0.3, -0.25) is 14.4 Å². The van der Waals surface area contributed by atoms with Gasteiger partial charge in [0.25, 0.3) is 11.8 Å². The molecule has 3 aromatic rings. The topological polar surface area (TPSA) is 87.3 Å². The zero-order chi connectivity index (χ0) is 30.4. The number of amides is 3. The summed E-state index contributed by atoms with van der Waals surface area (Å²) in [6.45, 7) is 0. The number of alkyl halides is 4. The summed E-state index contributed by atoms with van der Waals surface area (Å²) < 4.78 is 66.4. The summed E-state index contributed by atoms with van der Waals surface area (Å²) in [6, 6.07) is 7.08. The molecule has 0 aromatic heterocycles. The Bertz CT molecular complexity index is 1590. The van der Waals surface area contributed by atoms with E-state index in [2.05, 4.69) is 5.32 Å². The number of halogens is 10. The number of carbonyl (C=O) groups is 3. The molecule has 4 rings (SSSR count). The summed E-state index contributed by atoms with van der Waals surface area (Å²) in [4.78, 5) is 37.0. The minimum absolute atomic E-state index is 0.205. The first-order valence-corrected chi connectivity index (χ1v) is 13.0. The second-order valence-corrected chi connectivity index (χ2v) is 11.3. The summed E-state index contributed by atoms with van der Waals surface area (Å²) >= 11 is 30.5. The normalized spacial score (nSPS) is 17.2. The second kappa shape index (κ2) is 11.8. The average Bonchev–Trinajstić information content (AvgIpc) is 3.47. The van der Waals surface area contributed by atoms with E-state index in [9.17, 15) is 36.3 Å². The first-order valence-electron chi connectivity index (χ1n) is 11.1. The van der Waals surface area contributed by atoms with Crippen molar-refractivity contribution in [3.63, 3.8) is 0 Å². The third-order valence-electron chi connectivity index (χ3n) is 5.94. The summed E-state index contributed by atoms with van der Waals surface area (Å²) in [5.74, 6) is -9.49. The van der Waals surface area contributed by atoms with Crippen LogP contribution in [0.1, 0.15) is 21.8 Å². The molecule has 1 fully saturated rings. The lowest BCUT2D eigenvalue weighted by Gasteiger charge is -2.13. The van der Waals surface area contributed by atoms with Crippen LogP contribution in [-0.2, 0) is 9.59 Å². The number of hydrogen-bond donors (Lipinski definition) is 3. The van der Waals surface area contributed by atoms with Crippen LogP contribution >= 0.6 is 58.0 Å². The number of carbonyl (C=O) groups excluding carboxylic acids is 3. The highest BCUT2D eigenvalue weighted by molar-refractivity contribution is 6.53. The lowest BCUT2D eigenvalue weighted by molar-refractivity contribution is -0.126. The summed E-state index contributed by atoms with van der Waals surface area (Å²) in [7, 11) is 0. The summed E-state index contributed by atoms with van der Waals surface area (Å²) in [5.41, 5.74) is -1.96. The highest BCUT2D eigenvalue weighted by atomic mass is 35.5. The fraction of sp³-hybridized carbons (Fsp3) is 0.160. The Kier molecular flexibility index (Phi) is 8.96. The highest BCUT2D eigenvalue weighted by Crippen LogP contribution is 2.65. The molecule has 0 spiro atoms. The van der Waals surface area contributed by atoms with E-state index in [4.69, 9.17) is 58.0 Å². The molecule has 0 heterocycles. The number of rotatable bonds is 7. The zero-order valence-corrected chi connectivity index (χ0v) is 23.6. The maximum Gasteiger partial charge on any atom is 0.315 e. The molecule has 6 nitrogen and oxygen atoms in total. The van der Waals surface area contributed by atoms with Gasteiger partial charge >= 0.3 is 6.43 Å². The Morgan fingerprint density at radius 1 is 0.780 bits per heavy atom. The largest absolute Gasteiger partial charge is 0.326 e. The summed E-state index contributed by atoms with van der Waals surface area (Å²) in [5, 5.41) is 5.65. The molecule has 41 heavy (non-hydrogen) atoms. The number of benzene rings is 3. The number of hydrogen-bond acceptors (Lipinski definition) is 3. The molecule has 0 saturated heterocycles. The van der Waals surface area contributed by atoms with E-state index < -0.39 is 79.7 Å². The van der Waals surface area contributed by atoms with Gasteiger partial charge in [0.05, 0.1) is 37.9 Å². The second-order valence-electron chi connectivity index (χ2n) is 8.67. The molecule has 0 aliphatic heterocycles. The molecule has 0 radical (unpaired) electrons. The van der Waals surface area contributed by atoms with Gasteiger partial charge in [0.15, 0.2) is 0 Å². The molecule has 2 atom stereocenters. The maximum atomic E-state index is 14.6. The van der Waals surface area contributed by atoms with E-state index in [-0.39, 0.29) is 21.8 Å². The quantitative estimate of drug-likeness (QED) is 0.175. The van der Waals surface area contributed by atoms with Gasteiger partial charge in [-0.1, -0.05) is 40.9 Å². The van der Waals surface area contributed by atoms with Crippen molar-refractivity contribution in [1.82, 2.24) is 0 Å². The van der Waals surface area contributed by atoms with Gasteiger partial charge < -0.3 is 16.0 Å². The van der Waals surface area contributed by atoms with Crippen LogP contribution in [0.4, 0.5) is 39.0 Å². The summed E-state index contributed by atoms with van der Waals surface area (Å²) in [6.07, 6.45) is -3.50. The number of nitrogens with one attached hydrogen (secondary N) is 3. The van der Waals surface area contributed by atoms with E-state index >= 15 is 0 Å². The molecule has 1 aliphatic rings. The standard InChI is InChI=1S/C25H13Cl5F5N3O3/c26-11-2-1-8(3-12(11)27)18-19(25(18,29)30)23(40)36-9-4-10(20(28)15(33)5-9)22(39)37-16-7-17(14(32)6-13(16)31)38-24(41)21(34)35/h1-7,18-19,21H,(H,36,40)(H,37,39)(H,38,41)/t18-,19?/m0/s1. The van der Waals surface area contributed by atoms with Gasteiger partial charge in [0.2, 0.25) is 5.91 Å². The predicted octanol–water partition coefficient (Wildman–Crippen LogP) is 8.05. The molecule has 1 aliphatic carbocycles. The minimum atomic E-state index is -3.50. The Balaban J connectivity index is 1.55. The minimum Gasteiger partial charge on any atom is -0.326 e. The van der Waals surface area contributed by atoms with Crippen molar-refractivity contribution in [2.24, 2.45) is 5.92 Å². The average molecular weight is 676 g/mol. The smallest absolute Gasteiger partial charge is 0.315 e. The fourth-order valence-corrected chi connectivity index (χ4v) is 5.27. The van der Waals surface area contributed by atoms with Crippen LogP contribution in [0.3, 0.4) is 0 Å². The van der Waals surface area contributed by atoms with Crippen LogP contribution in [0.15, 0.2) is 42.5 Å². The molecule has 3 aromatic carbocycles. The highest BCUT2D eigenvalue weighted by Gasteiger charge is 2.67. The molecule has 3 amide bonds. The third-order valence-corrected chi connectivity index (χ3v) is 8.00. The molecule has 16 heteroatoms. The molecule has 1 unspecified atom stereocenters. The van der Waals surface area contributed by atoms with Crippen molar-refractivity contribution in [1.29, 1.82) is 0 Å². The van der Waals surface area contributed by atoms with Gasteiger partial charge in [0.1, 0.15) is 21.8 Å². The molecule has 1 saturated carbocycles. The number of anilines is 3. The van der Waals surface area contributed by atoms with Crippen molar-refractivity contribution in [2.75, 3.05) is 16.0 Å². The SMILES string of the molecule is O=C(Nc1cc(NC(=O)C(F)F)c(F)cc1F)c1cc(NC(=O)C2[C@H](c3ccc(Cl)c(Cl)c3)C2(Cl)Cl)cc(F)c1Cl. The van der Waals surface area contributed by atoms with Crippen LogP contribution in [-0.4, -0.2) is 28.5 Å². The monoisotopic (exact) mass is 673 g/mol. The Labute approximate surface area is 253 Å². The third kappa shape index (κ3) is 6.49. The van der Waals surface area contributed by atoms with Crippen molar-refractivity contribution in [3.05, 3.63) is 86.1 Å². The van der Waals surface area contributed by atoms with Crippen LogP contribution < -0.4 is 16.0 Å². The van der Waals surface area contributed by atoms with Gasteiger partial charge in [-0.15, -0.1) is 23.2 Å². The predicted molar refractivity (Wildman–Crippen MR) is 146 cm³/mol. The van der Waals surface area contributed by atoms with E-state index in [1.54, 1.807) is 6.07 Å². The lowest BCUT2D eigenvalue weighted by atomic mass is 10.1. The molecule has 3 N–H and O–H groups in total. The Hall–Kier alpha value is -2.83. The Morgan fingerprint density at radius 2 is 1.41 bits per heavy atom. The van der Waals surface area contributed by atoms with Gasteiger partial charge in [-0.25, -0.2) is 13.2 Å². The first-order chi connectivity index (χ1) is 19.1.